The summed E-state index contributed by atoms with van der Waals surface area (Å²) in [5, 5.41) is 8.89. The number of nitrogens with zero attached hydrogens (tertiary/aromatic N) is 1. The van der Waals surface area contributed by atoms with Gasteiger partial charge in [-0.15, -0.1) is 0 Å². The Kier molecular flexibility index (Phi) is 3.34. The highest BCUT2D eigenvalue weighted by molar-refractivity contribution is 6.30. The van der Waals surface area contributed by atoms with E-state index in [-0.39, 0.29) is 17.7 Å². The van der Waals surface area contributed by atoms with Crippen molar-refractivity contribution in [3.63, 3.8) is 0 Å². The normalized spacial score (nSPS) is 28.5. The first-order valence-corrected chi connectivity index (χ1v) is 5.43. The van der Waals surface area contributed by atoms with Gasteiger partial charge in [0.1, 0.15) is 11.3 Å². The van der Waals surface area contributed by atoms with E-state index in [1.165, 1.54) is 10.8 Å². The van der Waals surface area contributed by atoms with Gasteiger partial charge in [-0.05, 0) is 0 Å². The number of H-pyrrole nitrogens is 1. The van der Waals surface area contributed by atoms with Crippen molar-refractivity contribution in [1.82, 2.24) is 9.55 Å². The van der Waals surface area contributed by atoms with Gasteiger partial charge in [0.2, 0.25) is 0 Å². The maximum atomic E-state index is 11.5. The predicted octanol–water partition coefficient (Wildman–Crippen LogP) is -1.20. The second-order valence-electron chi connectivity index (χ2n) is 3.85. The number of nitrogens with one attached hydrogen (secondary N) is 1. The van der Waals surface area contributed by atoms with Crippen LogP contribution in [-0.4, -0.2) is 33.4 Å². The van der Waals surface area contributed by atoms with E-state index >= 15 is 0 Å². The van der Waals surface area contributed by atoms with Crippen LogP contribution in [0.3, 0.4) is 0 Å². The predicted molar refractivity (Wildman–Crippen MR) is 59.9 cm³/mol. The van der Waals surface area contributed by atoms with E-state index in [4.69, 9.17) is 27.2 Å². The first-order chi connectivity index (χ1) is 8.02. The maximum absolute atomic E-state index is 11.5. The number of aliphatic hydroxyl groups is 1. The summed E-state index contributed by atoms with van der Waals surface area (Å²) in [6, 6.07) is -0.359. The fourth-order valence-corrected chi connectivity index (χ4v) is 1.93. The Balaban J connectivity index is 2.34. The van der Waals surface area contributed by atoms with Crippen LogP contribution >= 0.6 is 11.6 Å². The Hall–Kier alpha value is -1.15. The van der Waals surface area contributed by atoms with E-state index in [0.29, 0.717) is 6.42 Å². The molecule has 1 aromatic heterocycles. The highest BCUT2D eigenvalue weighted by Crippen LogP contribution is 2.26. The second kappa shape index (κ2) is 4.61. The molecule has 1 fully saturated rings. The number of aliphatic hydroxyl groups excluding tert-OH is 1. The van der Waals surface area contributed by atoms with Gasteiger partial charge in [-0.3, -0.25) is 14.3 Å². The number of nitrogens with two attached hydrogens (primary N) is 1. The SMILES string of the molecule is N[C@H]1C[C@H](n2cc(Cl)c(=O)[nH]c2=O)O[C@@H]1CO. The zero-order valence-corrected chi connectivity index (χ0v) is 9.55. The smallest absolute Gasteiger partial charge is 0.330 e. The molecule has 1 aliphatic rings. The van der Waals surface area contributed by atoms with Crippen molar-refractivity contribution in [1.29, 1.82) is 0 Å². The molecule has 0 amide bonds. The van der Waals surface area contributed by atoms with Gasteiger partial charge in [-0.25, -0.2) is 4.79 Å². The molecule has 0 bridgehead atoms. The summed E-state index contributed by atoms with van der Waals surface area (Å²) in [5.74, 6) is 0. The highest BCUT2D eigenvalue weighted by atomic mass is 35.5. The molecule has 8 heteroatoms. The van der Waals surface area contributed by atoms with E-state index in [0.717, 1.165) is 0 Å². The van der Waals surface area contributed by atoms with E-state index in [1.54, 1.807) is 0 Å². The minimum atomic E-state index is -0.645. The Morgan fingerprint density at radius 2 is 2.35 bits per heavy atom. The third kappa shape index (κ3) is 2.27. The molecule has 94 valence electrons. The second-order valence-corrected chi connectivity index (χ2v) is 4.26. The summed E-state index contributed by atoms with van der Waals surface area (Å²) >= 11 is 5.63. The van der Waals surface area contributed by atoms with Crippen molar-refractivity contribution >= 4 is 11.6 Å². The highest BCUT2D eigenvalue weighted by Gasteiger charge is 2.33. The molecule has 2 heterocycles. The molecule has 0 aromatic carbocycles. The summed E-state index contributed by atoms with van der Waals surface area (Å²) in [4.78, 5) is 24.7. The minimum absolute atomic E-state index is 0.103. The van der Waals surface area contributed by atoms with Crippen LogP contribution in [0, 0.1) is 0 Å². The Morgan fingerprint density at radius 3 is 2.94 bits per heavy atom. The van der Waals surface area contributed by atoms with Crippen molar-refractivity contribution < 1.29 is 9.84 Å². The number of rotatable bonds is 2. The molecule has 1 aliphatic heterocycles. The van der Waals surface area contributed by atoms with Gasteiger partial charge in [-0.2, -0.15) is 0 Å². The number of ether oxygens (including phenoxy) is 1. The number of aromatic amines is 1. The minimum Gasteiger partial charge on any atom is -0.394 e. The molecule has 0 aliphatic carbocycles. The number of aromatic nitrogens is 2. The standard InChI is InChI=1S/C9H12ClN3O4/c10-4-2-13(9(16)12-8(4)15)7-1-5(11)6(3-14)17-7/h2,5-7,14H,1,3,11H2,(H,12,15,16)/t5-,6+,7+/m0/s1. The van der Waals surface area contributed by atoms with Crippen molar-refractivity contribution in [3.8, 4) is 0 Å². The zero-order valence-electron chi connectivity index (χ0n) is 8.80. The lowest BCUT2D eigenvalue weighted by Gasteiger charge is -2.14. The van der Waals surface area contributed by atoms with Crippen molar-refractivity contribution in [2.75, 3.05) is 6.61 Å². The number of hydrogen-bond donors (Lipinski definition) is 3. The molecule has 2 rings (SSSR count). The Labute approximate surface area is 101 Å². The van der Waals surface area contributed by atoms with Gasteiger partial charge in [-0.1, -0.05) is 11.6 Å². The van der Waals surface area contributed by atoms with E-state index < -0.39 is 23.6 Å². The first kappa shape index (κ1) is 12.3. The number of halogens is 1. The molecule has 3 atom stereocenters. The third-order valence-corrected chi connectivity index (χ3v) is 2.97. The molecule has 17 heavy (non-hydrogen) atoms. The maximum Gasteiger partial charge on any atom is 0.330 e. The molecule has 7 nitrogen and oxygen atoms in total. The molecule has 0 unspecified atom stereocenters. The quantitative estimate of drug-likeness (QED) is 0.619. The van der Waals surface area contributed by atoms with Crippen LogP contribution in [0.5, 0.6) is 0 Å². The molecule has 0 saturated carbocycles. The average Bonchev–Trinajstić information content (AvgIpc) is 2.65. The van der Waals surface area contributed by atoms with Crippen LogP contribution in [0.1, 0.15) is 12.6 Å². The van der Waals surface area contributed by atoms with Gasteiger partial charge in [0.05, 0.1) is 12.7 Å². The third-order valence-electron chi connectivity index (χ3n) is 2.70. The van der Waals surface area contributed by atoms with E-state index in [2.05, 4.69) is 4.98 Å². The van der Waals surface area contributed by atoms with Crippen LogP contribution in [0.4, 0.5) is 0 Å². The molecular weight excluding hydrogens is 250 g/mol. The van der Waals surface area contributed by atoms with E-state index in [9.17, 15) is 9.59 Å². The molecule has 1 saturated heterocycles. The zero-order chi connectivity index (χ0) is 12.6. The Morgan fingerprint density at radius 1 is 1.65 bits per heavy atom. The van der Waals surface area contributed by atoms with Gasteiger partial charge >= 0.3 is 5.69 Å². The van der Waals surface area contributed by atoms with Gasteiger partial charge < -0.3 is 15.6 Å². The van der Waals surface area contributed by atoms with Crippen molar-refractivity contribution in [2.45, 2.75) is 24.8 Å². The monoisotopic (exact) mass is 261 g/mol. The lowest BCUT2D eigenvalue weighted by molar-refractivity contribution is -0.0271. The lowest BCUT2D eigenvalue weighted by Crippen LogP contribution is -2.32. The summed E-state index contributed by atoms with van der Waals surface area (Å²) in [5.41, 5.74) is 4.47. The molecule has 4 N–H and O–H groups in total. The lowest BCUT2D eigenvalue weighted by atomic mass is 10.1. The van der Waals surface area contributed by atoms with Crippen molar-refractivity contribution in [2.24, 2.45) is 5.73 Å². The van der Waals surface area contributed by atoms with Crippen LogP contribution in [0.25, 0.3) is 0 Å². The van der Waals surface area contributed by atoms with Gasteiger partial charge in [0.25, 0.3) is 5.56 Å². The largest absolute Gasteiger partial charge is 0.394 e. The fourth-order valence-electron chi connectivity index (χ4n) is 1.78. The van der Waals surface area contributed by atoms with Gasteiger partial charge in [0, 0.05) is 18.7 Å². The topological polar surface area (TPSA) is 110 Å². The van der Waals surface area contributed by atoms with Crippen LogP contribution < -0.4 is 17.0 Å². The average molecular weight is 262 g/mol. The van der Waals surface area contributed by atoms with Crippen LogP contribution in [0.2, 0.25) is 5.02 Å². The first-order valence-electron chi connectivity index (χ1n) is 5.05. The fraction of sp³-hybridized carbons (Fsp3) is 0.556. The molecule has 0 radical (unpaired) electrons. The summed E-state index contributed by atoms with van der Waals surface area (Å²) in [6.45, 7) is -0.219. The summed E-state index contributed by atoms with van der Waals surface area (Å²) in [7, 11) is 0. The van der Waals surface area contributed by atoms with Crippen molar-refractivity contribution in [3.05, 3.63) is 32.1 Å². The Bertz CT molecular complexity index is 526. The summed E-state index contributed by atoms with van der Waals surface area (Å²) in [6.07, 6.45) is 0.439. The summed E-state index contributed by atoms with van der Waals surface area (Å²) < 4.78 is 6.56. The molecular formula is C9H12ClN3O4. The van der Waals surface area contributed by atoms with E-state index in [1.807, 2.05) is 0 Å². The molecule has 1 aromatic rings. The van der Waals surface area contributed by atoms with Crippen LogP contribution in [-0.2, 0) is 4.74 Å². The number of hydrogen-bond acceptors (Lipinski definition) is 5. The van der Waals surface area contributed by atoms with Gasteiger partial charge in [0.15, 0.2) is 0 Å². The van der Waals surface area contributed by atoms with Crippen LogP contribution in [0.15, 0.2) is 15.8 Å². The molecule has 0 spiro atoms.